The van der Waals surface area contributed by atoms with Gasteiger partial charge in [0.25, 0.3) is 10.2 Å². The molecule has 27 heavy (non-hydrogen) atoms. The molecule has 0 bridgehead atoms. The Balaban J connectivity index is 1.72. The highest BCUT2D eigenvalue weighted by Crippen LogP contribution is 2.30. The topological polar surface area (TPSA) is 70.2 Å². The van der Waals surface area contributed by atoms with E-state index in [0.29, 0.717) is 49.9 Å². The molecule has 1 aromatic carbocycles. The second-order valence-corrected chi connectivity index (χ2v) is 9.19. The van der Waals surface area contributed by atoms with Crippen LogP contribution < -0.4 is 0 Å². The van der Waals surface area contributed by atoms with Crippen LogP contribution in [0.25, 0.3) is 0 Å². The fraction of sp³-hybridized carbons (Fsp3) is 0.611. The molecule has 0 radical (unpaired) electrons. The fourth-order valence-electron chi connectivity index (χ4n) is 3.73. The predicted octanol–water partition coefficient (Wildman–Crippen LogP) is 1.90. The van der Waals surface area contributed by atoms with Gasteiger partial charge in [-0.3, -0.25) is 4.90 Å². The minimum atomic E-state index is -3.44. The summed E-state index contributed by atoms with van der Waals surface area (Å²) in [7, 11) is -2.08. The summed E-state index contributed by atoms with van der Waals surface area (Å²) < 4.78 is 33.8. The van der Waals surface area contributed by atoms with Crippen LogP contribution >= 0.6 is 11.6 Å². The number of esters is 1. The molecule has 0 saturated carbocycles. The van der Waals surface area contributed by atoms with Crippen molar-refractivity contribution < 1.29 is 17.9 Å². The Morgan fingerprint density at radius 3 is 2.19 bits per heavy atom. The molecule has 0 aromatic heterocycles. The molecular formula is C18H26ClN3O4S. The van der Waals surface area contributed by atoms with Gasteiger partial charge in [0.2, 0.25) is 0 Å². The lowest BCUT2D eigenvalue weighted by atomic mass is 10.0. The largest absolute Gasteiger partial charge is 0.468 e. The normalized spacial score (nSPS) is 21.7. The van der Waals surface area contributed by atoms with Gasteiger partial charge in [0.05, 0.1) is 7.11 Å². The quantitative estimate of drug-likeness (QED) is 0.687. The first-order valence-corrected chi connectivity index (χ1v) is 11.0. The average Bonchev–Trinajstić information content (AvgIpc) is 2.70. The summed E-state index contributed by atoms with van der Waals surface area (Å²) in [6.07, 6.45) is 2.91. The van der Waals surface area contributed by atoms with Gasteiger partial charge in [-0.15, -0.1) is 0 Å². The van der Waals surface area contributed by atoms with Gasteiger partial charge < -0.3 is 4.74 Å². The van der Waals surface area contributed by atoms with Crippen molar-refractivity contribution in [2.24, 2.45) is 0 Å². The molecule has 2 aliphatic heterocycles. The molecule has 2 fully saturated rings. The maximum atomic E-state index is 12.9. The Hall–Kier alpha value is -1.19. The van der Waals surface area contributed by atoms with E-state index < -0.39 is 22.2 Å². The average molecular weight is 416 g/mol. The number of methoxy groups -OCH3 is 1. The molecule has 150 valence electrons. The third kappa shape index (κ3) is 4.46. The summed E-state index contributed by atoms with van der Waals surface area (Å²) in [5.41, 5.74) is 0.679. The monoisotopic (exact) mass is 415 g/mol. The first-order valence-electron chi connectivity index (χ1n) is 9.26. The highest BCUT2D eigenvalue weighted by atomic mass is 35.5. The molecule has 2 aliphatic rings. The second kappa shape index (κ2) is 8.87. The number of piperazine rings is 1. The Morgan fingerprint density at radius 2 is 1.59 bits per heavy atom. The van der Waals surface area contributed by atoms with E-state index in [1.807, 2.05) is 17.0 Å². The molecule has 1 atom stereocenters. The number of carbonyl (C=O) groups is 1. The lowest BCUT2D eigenvalue weighted by Crippen LogP contribution is -2.55. The van der Waals surface area contributed by atoms with E-state index in [9.17, 15) is 13.2 Å². The number of hydrogen-bond donors (Lipinski definition) is 0. The van der Waals surface area contributed by atoms with Gasteiger partial charge >= 0.3 is 5.97 Å². The second-order valence-electron chi connectivity index (χ2n) is 6.85. The highest BCUT2D eigenvalue weighted by molar-refractivity contribution is 7.86. The molecule has 0 unspecified atom stereocenters. The zero-order valence-corrected chi connectivity index (χ0v) is 17.1. The van der Waals surface area contributed by atoms with Gasteiger partial charge in [0.1, 0.15) is 6.04 Å². The third-order valence-corrected chi connectivity index (χ3v) is 7.61. The molecule has 0 aliphatic carbocycles. The van der Waals surface area contributed by atoms with Crippen LogP contribution in [0, 0.1) is 0 Å². The molecule has 7 nitrogen and oxygen atoms in total. The van der Waals surface area contributed by atoms with Gasteiger partial charge in [-0.2, -0.15) is 17.0 Å². The van der Waals surface area contributed by atoms with Crippen LogP contribution in [0.3, 0.4) is 0 Å². The van der Waals surface area contributed by atoms with Gasteiger partial charge in [0, 0.05) is 44.3 Å². The van der Waals surface area contributed by atoms with Crippen LogP contribution in [-0.4, -0.2) is 74.3 Å². The molecule has 9 heteroatoms. The number of ether oxygens (including phenoxy) is 1. The number of benzene rings is 1. The van der Waals surface area contributed by atoms with Gasteiger partial charge in [-0.25, -0.2) is 4.79 Å². The number of hydrogen-bond acceptors (Lipinski definition) is 5. The van der Waals surface area contributed by atoms with Gasteiger partial charge in [-0.1, -0.05) is 36.2 Å². The first kappa shape index (κ1) is 20.5. The van der Waals surface area contributed by atoms with Gasteiger partial charge in [-0.05, 0) is 24.5 Å². The molecule has 2 saturated heterocycles. The summed E-state index contributed by atoms with van der Waals surface area (Å²) >= 11 is 6.29. The SMILES string of the molecule is COC(=O)[C@@H](c1ccccc1Cl)N1CCN(S(=O)(=O)N2CCCCC2)CC1. The van der Waals surface area contributed by atoms with Crippen molar-refractivity contribution in [3.8, 4) is 0 Å². The summed E-state index contributed by atoms with van der Waals surface area (Å²) in [5, 5.41) is 0.497. The standard InChI is InChI=1S/C18H26ClN3O4S/c1-26-18(23)17(15-7-3-4-8-16(15)19)20-11-13-22(14-12-20)27(24,25)21-9-5-2-6-10-21/h3-4,7-8,17H,2,5-6,9-14H2,1H3/t17-/m1/s1. The van der Waals surface area contributed by atoms with Crippen LogP contribution in [0.1, 0.15) is 30.9 Å². The molecule has 2 heterocycles. The van der Waals surface area contributed by atoms with Crippen LogP contribution in [-0.2, 0) is 19.7 Å². The minimum Gasteiger partial charge on any atom is -0.468 e. The zero-order valence-electron chi connectivity index (χ0n) is 15.5. The number of halogens is 1. The van der Waals surface area contributed by atoms with Crippen molar-refractivity contribution in [3.63, 3.8) is 0 Å². The van der Waals surface area contributed by atoms with Crippen LogP contribution in [0.2, 0.25) is 5.02 Å². The first-order chi connectivity index (χ1) is 12.9. The zero-order chi connectivity index (χ0) is 19.4. The Kier molecular flexibility index (Phi) is 6.75. The molecule has 1 aromatic rings. The molecule has 0 N–H and O–H groups in total. The smallest absolute Gasteiger partial charge is 0.327 e. The highest BCUT2D eigenvalue weighted by Gasteiger charge is 2.37. The third-order valence-electron chi connectivity index (χ3n) is 5.23. The van der Waals surface area contributed by atoms with Crippen molar-refractivity contribution in [1.82, 2.24) is 13.5 Å². The van der Waals surface area contributed by atoms with E-state index >= 15 is 0 Å². The molecule has 3 rings (SSSR count). The number of carbonyl (C=O) groups excluding carboxylic acids is 1. The maximum Gasteiger partial charge on any atom is 0.327 e. The van der Waals surface area contributed by atoms with Crippen molar-refractivity contribution in [2.45, 2.75) is 25.3 Å². The van der Waals surface area contributed by atoms with E-state index in [2.05, 4.69) is 0 Å². The van der Waals surface area contributed by atoms with E-state index in [4.69, 9.17) is 16.3 Å². The van der Waals surface area contributed by atoms with Crippen molar-refractivity contribution in [1.29, 1.82) is 0 Å². The van der Waals surface area contributed by atoms with Crippen LogP contribution in [0.4, 0.5) is 0 Å². The summed E-state index contributed by atoms with van der Waals surface area (Å²) in [6.45, 7) is 2.75. The number of piperidine rings is 1. The molecular weight excluding hydrogens is 390 g/mol. The summed E-state index contributed by atoms with van der Waals surface area (Å²) in [4.78, 5) is 14.4. The summed E-state index contributed by atoms with van der Waals surface area (Å²) in [5.74, 6) is -0.393. The van der Waals surface area contributed by atoms with E-state index in [1.165, 1.54) is 11.4 Å². The van der Waals surface area contributed by atoms with Crippen LogP contribution in [0.5, 0.6) is 0 Å². The maximum absolute atomic E-state index is 12.9. The number of rotatable bonds is 5. The summed E-state index contributed by atoms with van der Waals surface area (Å²) in [6, 6.07) is 6.55. The Labute approximate surface area is 166 Å². The predicted molar refractivity (Wildman–Crippen MR) is 104 cm³/mol. The van der Waals surface area contributed by atoms with Crippen molar-refractivity contribution in [2.75, 3.05) is 46.4 Å². The Morgan fingerprint density at radius 1 is 1.00 bits per heavy atom. The van der Waals surface area contributed by atoms with E-state index in [0.717, 1.165) is 19.3 Å². The van der Waals surface area contributed by atoms with Crippen molar-refractivity contribution >= 4 is 27.8 Å². The lowest BCUT2D eigenvalue weighted by molar-refractivity contribution is -0.147. The van der Waals surface area contributed by atoms with E-state index in [1.54, 1.807) is 16.4 Å². The number of nitrogens with zero attached hydrogens (tertiary/aromatic N) is 3. The Bertz CT molecular complexity index is 760. The van der Waals surface area contributed by atoms with Crippen LogP contribution in [0.15, 0.2) is 24.3 Å². The minimum absolute atomic E-state index is 0.344. The van der Waals surface area contributed by atoms with Crippen molar-refractivity contribution in [3.05, 3.63) is 34.9 Å². The molecule has 0 spiro atoms. The lowest BCUT2D eigenvalue weighted by Gasteiger charge is -2.40. The fourth-order valence-corrected chi connectivity index (χ4v) is 5.64. The van der Waals surface area contributed by atoms with E-state index in [-0.39, 0.29) is 0 Å². The van der Waals surface area contributed by atoms with Gasteiger partial charge in [0.15, 0.2) is 0 Å². The molecule has 0 amide bonds.